The molecule has 1 heterocycles. The highest BCUT2D eigenvalue weighted by Crippen LogP contribution is 2.15. The normalized spacial score (nSPS) is 13.2. The first kappa shape index (κ1) is 28.0. The summed E-state index contributed by atoms with van der Waals surface area (Å²) in [5.74, 6) is -2.17. The van der Waals surface area contributed by atoms with Gasteiger partial charge >= 0.3 is 5.97 Å². The Kier molecular flexibility index (Phi) is 9.24. The Labute approximate surface area is 232 Å². The van der Waals surface area contributed by atoms with E-state index in [-0.39, 0.29) is 23.9 Å². The lowest BCUT2D eigenvalue weighted by Crippen LogP contribution is -2.45. The van der Waals surface area contributed by atoms with Gasteiger partial charge in [-0.25, -0.2) is 0 Å². The zero-order chi connectivity index (χ0) is 28.5. The number of hydrogen-bond acceptors (Lipinski definition) is 6. The molecule has 3 aromatic rings. The molecule has 1 saturated heterocycles. The Morgan fingerprint density at radius 2 is 1.55 bits per heavy atom. The minimum Gasteiger partial charge on any atom is -0.461 e. The summed E-state index contributed by atoms with van der Waals surface area (Å²) < 4.78 is 5.33. The number of amides is 3. The fraction of sp³-hybridized carbons (Fsp3) is 0.233. The van der Waals surface area contributed by atoms with Crippen molar-refractivity contribution in [3.05, 3.63) is 101 Å². The van der Waals surface area contributed by atoms with E-state index >= 15 is 0 Å². The van der Waals surface area contributed by atoms with Crippen LogP contribution in [0.1, 0.15) is 51.1 Å². The molecule has 0 aliphatic carbocycles. The van der Waals surface area contributed by atoms with Crippen LogP contribution in [-0.4, -0.2) is 53.6 Å². The number of likely N-dealkylation sites (tertiary alicyclic amines) is 1. The number of carbonyl (C=O) groups is 4. The van der Waals surface area contributed by atoms with Crippen LogP contribution in [0.5, 0.6) is 0 Å². The Balaban J connectivity index is 1.45. The van der Waals surface area contributed by atoms with Gasteiger partial charge in [-0.05, 0) is 54.8 Å². The molecule has 1 atom stereocenters. The first-order valence-corrected chi connectivity index (χ1v) is 13.0. The molecule has 5 N–H and O–H groups in total. The number of esters is 1. The maximum atomic E-state index is 13.2. The van der Waals surface area contributed by atoms with Gasteiger partial charge in [0.15, 0.2) is 0 Å². The lowest BCUT2D eigenvalue weighted by molar-refractivity contribution is -0.146. The minimum absolute atomic E-state index is 0.0229. The van der Waals surface area contributed by atoms with E-state index in [0.717, 1.165) is 18.4 Å². The van der Waals surface area contributed by atoms with E-state index < -0.39 is 30.2 Å². The van der Waals surface area contributed by atoms with Crippen LogP contribution in [0.15, 0.2) is 78.9 Å². The van der Waals surface area contributed by atoms with Gasteiger partial charge in [0.2, 0.25) is 5.91 Å². The van der Waals surface area contributed by atoms with Crippen molar-refractivity contribution in [1.29, 1.82) is 5.41 Å². The van der Waals surface area contributed by atoms with Gasteiger partial charge in [0.05, 0.1) is 6.42 Å². The van der Waals surface area contributed by atoms with Gasteiger partial charge in [0.1, 0.15) is 18.5 Å². The van der Waals surface area contributed by atoms with Gasteiger partial charge in [0.25, 0.3) is 11.8 Å². The highest BCUT2D eigenvalue weighted by molar-refractivity contribution is 6.04. The molecular formula is C30H31N5O5. The molecule has 1 fully saturated rings. The van der Waals surface area contributed by atoms with Crippen LogP contribution in [0.25, 0.3) is 0 Å². The molecule has 0 saturated carbocycles. The predicted molar refractivity (Wildman–Crippen MR) is 150 cm³/mol. The Bertz CT molecular complexity index is 1390. The van der Waals surface area contributed by atoms with E-state index in [0.29, 0.717) is 29.9 Å². The highest BCUT2D eigenvalue weighted by Gasteiger charge is 2.26. The molecule has 10 heteroatoms. The summed E-state index contributed by atoms with van der Waals surface area (Å²) in [6, 6.07) is 20.4. The fourth-order valence-corrected chi connectivity index (χ4v) is 4.28. The molecule has 0 aromatic heterocycles. The monoisotopic (exact) mass is 541 g/mol. The number of benzene rings is 3. The molecule has 4 rings (SSSR count). The number of carbonyl (C=O) groups excluding carboxylic acids is 4. The van der Waals surface area contributed by atoms with Gasteiger partial charge in [-0.2, -0.15) is 0 Å². The van der Waals surface area contributed by atoms with Crippen molar-refractivity contribution in [3.63, 3.8) is 0 Å². The van der Waals surface area contributed by atoms with Crippen molar-refractivity contribution in [3.8, 4) is 0 Å². The molecule has 1 aliphatic rings. The molecule has 0 radical (unpaired) electrons. The van der Waals surface area contributed by atoms with Crippen molar-refractivity contribution >= 4 is 35.2 Å². The number of ether oxygens (including phenoxy) is 1. The van der Waals surface area contributed by atoms with E-state index in [1.807, 2.05) is 18.2 Å². The summed E-state index contributed by atoms with van der Waals surface area (Å²) in [4.78, 5) is 53.3. The second-order valence-electron chi connectivity index (χ2n) is 9.44. The number of nitrogens with one attached hydrogen (secondary N) is 3. The first-order valence-electron chi connectivity index (χ1n) is 13.0. The second kappa shape index (κ2) is 13.2. The predicted octanol–water partition coefficient (Wildman–Crippen LogP) is 3.08. The van der Waals surface area contributed by atoms with E-state index in [1.54, 1.807) is 47.4 Å². The van der Waals surface area contributed by atoms with Crippen molar-refractivity contribution in [2.45, 2.75) is 31.9 Å². The molecule has 0 spiro atoms. The van der Waals surface area contributed by atoms with Crippen molar-refractivity contribution < 1.29 is 23.9 Å². The van der Waals surface area contributed by atoms with Crippen LogP contribution in [0, 0.1) is 5.41 Å². The number of nitrogens with zero attached hydrogens (tertiary/aromatic N) is 1. The number of anilines is 1. The quantitative estimate of drug-likeness (QED) is 0.176. The van der Waals surface area contributed by atoms with Crippen LogP contribution < -0.4 is 16.4 Å². The Morgan fingerprint density at radius 1 is 0.875 bits per heavy atom. The topological polar surface area (TPSA) is 155 Å². The number of hydrogen-bond donors (Lipinski definition) is 4. The molecule has 0 unspecified atom stereocenters. The van der Waals surface area contributed by atoms with Crippen LogP contribution in [0.3, 0.4) is 0 Å². The standard InChI is InChI=1S/C30H31N5O5/c31-27(32)23-9-6-10-24(17-23)33-29(38)25(18-26(36)40-19-20-7-2-1-3-8-20)34-28(37)21-11-13-22(14-12-21)30(39)35-15-4-5-16-35/h1-3,6-14,17,25H,4-5,15-16,18-19H2,(H3,31,32)(H,33,38)(H,34,37)/t25-/m1/s1. The zero-order valence-electron chi connectivity index (χ0n) is 21.9. The fourth-order valence-electron chi connectivity index (χ4n) is 4.28. The number of nitrogens with two attached hydrogens (primary N) is 1. The van der Waals surface area contributed by atoms with Crippen molar-refractivity contribution in [2.75, 3.05) is 18.4 Å². The van der Waals surface area contributed by atoms with E-state index in [2.05, 4.69) is 10.6 Å². The van der Waals surface area contributed by atoms with Gasteiger partial charge in [-0.1, -0.05) is 42.5 Å². The summed E-state index contributed by atoms with van der Waals surface area (Å²) in [5.41, 5.74) is 7.78. The lowest BCUT2D eigenvalue weighted by atomic mass is 10.1. The Hall–Kier alpha value is -4.99. The van der Waals surface area contributed by atoms with E-state index in [4.69, 9.17) is 15.9 Å². The van der Waals surface area contributed by atoms with Gasteiger partial charge in [-0.15, -0.1) is 0 Å². The maximum Gasteiger partial charge on any atom is 0.308 e. The third-order valence-electron chi connectivity index (χ3n) is 6.46. The summed E-state index contributed by atoms with van der Waals surface area (Å²) in [6.45, 7) is 1.45. The van der Waals surface area contributed by atoms with Gasteiger partial charge < -0.3 is 26.0 Å². The second-order valence-corrected chi connectivity index (χ2v) is 9.44. The molecule has 10 nitrogen and oxygen atoms in total. The smallest absolute Gasteiger partial charge is 0.308 e. The average Bonchev–Trinajstić information content (AvgIpc) is 3.51. The third-order valence-corrected chi connectivity index (χ3v) is 6.46. The van der Waals surface area contributed by atoms with Gasteiger partial charge in [0, 0.05) is 35.5 Å². The maximum absolute atomic E-state index is 13.2. The number of nitrogen functional groups attached to an aromatic ring is 1. The largest absolute Gasteiger partial charge is 0.461 e. The minimum atomic E-state index is -1.26. The molecule has 3 amide bonds. The lowest BCUT2D eigenvalue weighted by Gasteiger charge is -2.19. The first-order chi connectivity index (χ1) is 19.3. The zero-order valence-corrected chi connectivity index (χ0v) is 21.9. The van der Waals surface area contributed by atoms with Gasteiger partial charge in [-0.3, -0.25) is 24.6 Å². The summed E-state index contributed by atoms with van der Waals surface area (Å²) in [6.07, 6.45) is 1.54. The molecule has 3 aromatic carbocycles. The molecule has 0 bridgehead atoms. The van der Waals surface area contributed by atoms with Crippen molar-refractivity contribution in [1.82, 2.24) is 10.2 Å². The average molecular weight is 542 g/mol. The summed E-state index contributed by atoms with van der Waals surface area (Å²) in [7, 11) is 0. The molecule has 206 valence electrons. The summed E-state index contributed by atoms with van der Waals surface area (Å²) in [5, 5.41) is 12.9. The van der Waals surface area contributed by atoms with E-state index in [9.17, 15) is 19.2 Å². The van der Waals surface area contributed by atoms with Crippen molar-refractivity contribution in [2.24, 2.45) is 5.73 Å². The molecular weight excluding hydrogens is 510 g/mol. The molecule has 1 aliphatic heterocycles. The summed E-state index contributed by atoms with van der Waals surface area (Å²) >= 11 is 0. The highest BCUT2D eigenvalue weighted by atomic mass is 16.5. The van der Waals surface area contributed by atoms with Crippen LogP contribution in [-0.2, 0) is 20.9 Å². The Morgan fingerprint density at radius 3 is 2.23 bits per heavy atom. The number of rotatable bonds is 10. The number of amidine groups is 1. The van der Waals surface area contributed by atoms with Crippen LogP contribution in [0.4, 0.5) is 5.69 Å². The van der Waals surface area contributed by atoms with Crippen LogP contribution in [0.2, 0.25) is 0 Å². The molecule has 40 heavy (non-hydrogen) atoms. The third kappa shape index (κ3) is 7.53. The van der Waals surface area contributed by atoms with Crippen LogP contribution >= 0.6 is 0 Å². The van der Waals surface area contributed by atoms with E-state index in [1.165, 1.54) is 18.2 Å². The SMILES string of the molecule is N=C(N)c1cccc(NC(=O)[C@@H](CC(=O)OCc2ccccc2)NC(=O)c2ccc(C(=O)N3CCCC3)cc2)c1.